The normalized spacial score (nSPS) is 19.8. The first kappa shape index (κ1) is 11.3. The lowest BCUT2D eigenvalue weighted by Gasteiger charge is -2.44. The molecule has 16 heavy (non-hydrogen) atoms. The van der Waals surface area contributed by atoms with Gasteiger partial charge in [-0.05, 0) is 38.5 Å². The number of nitrogen functional groups attached to an aromatic ring is 1. The van der Waals surface area contributed by atoms with E-state index in [9.17, 15) is 0 Å². The summed E-state index contributed by atoms with van der Waals surface area (Å²) in [5.41, 5.74) is 9.22. The Balaban J connectivity index is 2.38. The molecule has 3 heteroatoms. The number of nitrogens with zero attached hydrogens (tertiary/aromatic N) is 1. The monoisotopic (exact) mass is 220 g/mol. The van der Waals surface area contributed by atoms with E-state index in [0.717, 1.165) is 25.4 Å². The molecule has 1 heterocycles. The topological polar surface area (TPSA) is 38.5 Å². The van der Waals surface area contributed by atoms with Crippen LogP contribution < -0.4 is 10.6 Å². The molecule has 1 aromatic carbocycles. The lowest BCUT2D eigenvalue weighted by molar-refractivity contribution is 0.0643. The van der Waals surface area contributed by atoms with Crippen LogP contribution in [0.3, 0.4) is 0 Å². The molecule has 1 aliphatic heterocycles. The lowest BCUT2D eigenvalue weighted by atomic mass is 9.99. The first-order valence-electron chi connectivity index (χ1n) is 5.72. The molecule has 2 N–H and O–H groups in total. The Morgan fingerprint density at radius 3 is 2.81 bits per heavy atom. The van der Waals surface area contributed by atoms with Gasteiger partial charge in [-0.15, -0.1) is 0 Å². The quantitative estimate of drug-likeness (QED) is 0.737. The van der Waals surface area contributed by atoms with Gasteiger partial charge in [0.1, 0.15) is 0 Å². The number of hydrogen-bond donors (Lipinski definition) is 1. The SMILES string of the molecule is Cc1ccc(N)cc1N1CCOCC1(C)C. The standard InChI is InChI=1S/C13H20N2O/c1-10-4-5-11(14)8-12(10)15-6-7-16-9-13(15,2)3/h4-5,8H,6-7,9,14H2,1-3H3. The Kier molecular flexibility index (Phi) is 2.80. The molecule has 0 radical (unpaired) electrons. The zero-order valence-corrected chi connectivity index (χ0v) is 10.3. The van der Waals surface area contributed by atoms with Gasteiger partial charge >= 0.3 is 0 Å². The van der Waals surface area contributed by atoms with E-state index < -0.39 is 0 Å². The van der Waals surface area contributed by atoms with E-state index in [2.05, 4.69) is 37.8 Å². The number of rotatable bonds is 1. The maximum Gasteiger partial charge on any atom is 0.0694 e. The van der Waals surface area contributed by atoms with Crippen LogP contribution in [0.25, 0.3) is 0 Å². The molecule has 1 aliphatic rings. The first-order chi connectivity index (χ1) is 7.50. The molecule has 3 nitrogen and oxygen atoms in total. The van der Waals surface area contributed by atoms with Crippen molar-refractivity contribution in [2.75, 3.05) is 30.4 Å². The maximum atomic E-state index is 5.86. The van der Waals surface area contributed by atoms with E-state index in [1.54, 1.807) is 0 Å². The van der Waals surface area contributed by atoms with E-state index >= 15 is 0 Å². The highest BCUT2D eigenvalue weighted by Crippen LogP contribution is 2.30. The Morgan fingerprint density at radius 2 is 2.12 bits per heavy atom. The highest BCUT2D eigenvalue weighted by molar-refractivity contribution is 5.62. The van der Waals surface area contributed by atoms with Crippen molar-refractivity contribution >= 4 is 11.4 Å². The second-order valence-corrected chi connectivity index (χ2v) is 5.06. The molecule has 88 valence electrons. The highest BCUT2D eigenvalue weighted by Gasteiger charge is 2.31. The van der Waals surface area contributed by atoms with E-state index in [-0.39, 0.29) is 5.54 Å². The van der Waals surface area contributed by atoms with Crippen LogP contribution in [0.15, 0.2) is 18.2 Å². The van der Waals surface area contributed by atoms with Gasteiger partial charge in [-0.1, -0.05) is 6.07 Å². The molecule has 0 bridgehead atoms. The van der Waals surface area contributed by atoms with Gasteiger partial charge in [0, 0.05) is 17.9 Å². The molecule has 1 fully saturated rings. The molecule has 0 atom stereocenters. The molecule has 1 saturated heterocycles. The number of hydrogen-bond acceptors (Lipinski definition) is 3. The predicted molar refractivity (Wildman–Crippen MR) is 67.8 cm³/mol. The minimum Gasteiger partial charge on any atom is -0.399 e. The molecular formula is C13H20N2O. The van der Waals surface area contributed by atoms with Gasteiger partial charge in [-0.25, -0.2) is 0 Å². The maximum absolute atomic E-state index is 5.86. The van der Waals surface area contributed by atoms with Crippen molar-refractivity contribution in [2.45, 2.75) is 26.3 Å². The predicted octanol–water partition coefficient (Wildman–Crippen LogP) is 2.19. The molecule has 0 aliphatic carbocycles. The number of nitrogens with two attached hydrogens (primary N) is 1. The fourth-order valence-electron chi connectivity index (χ4n) is 2.22. The summed E-state index contributed by atoms with van der Waals surface area (Å²) in [5, 5.41) is 0. The zero-order valence-electron chi connectivity index (χ0n) is 10.3. The fraction of sp³-hybridized carbons (Fsp3) is 0.538. The van der Waals surface area contributed by atoms with E-state index in [4.69, 9.17) is 10.5 Å². The molecule has 0 saturated carbocycles. The van der Waals surface area contributed by atoms with Crippen molar-refractivity contribution in [1.82, 2.24) is 0 Å². The molecule has 0 unspecified atom stereocenters. The third-order valence-corrected chi connectivity index (χ3v) is 3.17. The number of aryl methyl sites for hydroxylation is 1. The summed E-state index contributed by atoms with van der Waals surface area (Å²) < 4.78 is 5.53. The molecular weight excluding hydrogens is 200 g/mol. The largest absolute Gasteiger partial charge is 0.399 e. The first-order valence-corrected chi connectivity index (χ1v) is 5.72. The summed E-state index contributed by atoms with van der Waals surface area (Å²) >= 11 is 0. The van der Waals surface area contributed by atoms with Crippen molar-refractivity contribution in [2.24, 2.45) is 0 Å². The summed E-state index contributed by atoms with van der Waals surface area (Å²) in [6.07, 6.45) is 0. The van der Waals surface area contributed by atoms with Gasteiger partial charge in [0.05, 0.1) is 18.8 Å². The fourth-order valence-corrected chi connectivity index (χ4v) is 2.22. The molecule has 0 aromatic heterocycles. The van der Waals surface area contributed by atoms with Gasteiger partial charge in [0.25, 0.3) is 0 Å². The number of benzene rings is 1. The van der Waals surface area contributed by atoms with Crippen molar-refractivity contribution in [3.05, 3.63) is 23.8 Å². The molecule has 2 rings (SSSR count). The third-order valence-electron chi connectivity index (χ3n) is 3.17. The number of ether oxygens (including phenoxy) is 1. The van der Waals surface area contributed by atoms with Gasteiger partial charge in [0.15, 0.2) is 0 Å². The number of morpholine rings is 1. The Hall–Kier alpha value is -1.22. The minimum atomic E-state index is 0.0385. The zero-order chi connectivity index (χ0) is 11.8. The van der Waals surface area contributed by atoms with Crippen LogP contribution in [0.5, 0.6) is 0 Å². The van der Waals surface area contributed by atoms with Gasteiger partial charge in [0.2, 0.25) is 0 Å². The summed E-state index contributed by atoms with van der Waals surface area (Å²) in [7, 11) is 0. The van der Waals surface area contributed by atoms with Crippen molar-refractivity contribution in [3.63, 3.8) is 0 Å². The van der Waals surface area contributed by atoms with Crippen molar-refractivity contribution in [3.8, 4) is 0 Å². The van der Waals surface area contributed by atoms with Crippen molar-refractivity contribution in [1.29, 1.82) is 0 Å². The number of anilines is 2. The Labute approximate surface area is 97.2 Å². The average Bonchev–Trinajstić information content (AvgIpc) is 2.22. The second kappa shape index (κ2) is 3.98. The van der Waals surface area contributed by atoms with E-state index in [1.807, 2.05) is 6.07 Å². The Bertz CT molecular complexity index is 388. The van der Waals surface area contributed by atoms with Crippen LogP contribution in [0.1, 0.15) is 19.4 Å². The van der Waals surface area contributed by atoms with Crippen molar-refractivity contribution < 1.29 is 4.74 Å². The smallest absolute Gasteiger partial charge is 0.0694 e. The molecule has 1 aromatic rings. The van der Waals surface area contributed by atoms with Gasteiger partial charge in [-0.2, -0.15) is 0 Å². The van der Waals surface area contributed by atoms with Gasteiger partial charge in [-0.3, -0.25) is 0 Å². The molecule has 0 spiro atoms. The summed E-state index contributed by atoms with van der Waals surface area (Å²) in [4.78, 5) is 2.39. The highest BCUT2D eigenvalue weighted by atomic mass is 16.5. The Morgan fingerprint density at radius 1 is 1.38 bits per heavy atom. The van der Waals surface area contributed by atoms with Crippen LogP contribution in [-0.4, -0.2) is 25.3 Å². The van der Waals surface area contributed by atoms with Gasteiger partial charge < -0.3 is 15.4 Å². The van der Waals surface area contributed by atoms with E-state index in [1.165, 1.54) is 11.3 Å². The summed E-state index contributed by atoms with van der Waals surface area (Å²) in [6, 6.07) is 6.09. The van der Waals surface area contributed by atoms with Crippen LogP contribution in [-0.2, 0) is 4.74 Å². The average molecular weight is 220 g/mol. The van der Waals surface area contributed by atoms with Crippen LogP contribution in [0.4, 0.5) is 11.4 Å². The van der Waals surface area contributed by atoms with Crippen LogP contribution in [0.2, 0.25) is 0 Å². The summed E-state index contributed by atoms with van der Waals surface area (Å²) in [5.74, 6) is 0. The second-order valence-electron chi connectivity index (χ2n) is 5.06. The lowest BCUT2D eigenvalue weighted by Crippen LogP contribution is -2.53. The minimum absolute atomic E-state index is 0.0385. The third kappa shape index (κ3) is 2.00. The van der Waals surface area contributed by atoms with Crippen LogP contribution in [0, 0.1) is 6.92 Å². The summed E-state index contributed by atoms with van der Waals surface area (Å²) in [6.45, 7) is 9.01. The van der Waals surface area contributed by atoms with Crippen LogP contribution >= 0.6 is 0 Å². The van der Waals surface area contributed by atoms with E-state index in [0.29, 0.717) is 0 Å². The molecule has 0 amide bonds.